The molecule has 1 N–H and O–H groups in total. The van der Waals surface area contributed by atoms with Crippen molar-refractivity contribution in [3.8, 4) is 0 Å². The van der Waals surface area contributed by atoms with Crippen molar-refractivity contribution in [2.24, 2.45) is 0 Å². The van der Waals surface area contributed by atoms with Crippen LogP contribution in [-0.4, -0.2) is 15.3 Å². The van der Waals surface area contributed by atoms with E-state index in [1.807, 2.05) is 32.0 Å². The zero-order valence-corrected chi connectivity index (χ0v) is 11.0. The quantitative estimate of drug-likeness (QED) is 0.900. The van der Waals surface area contributed by atoms with E-state index in [-0.39, 0.29) is 0 Å². The molecule has 1 heterocycles. The summed E-state index contributed by atoms with van der Waals surface area (Å²) in [5.74, 6) is 0. The minimum absolute atomic E-state index is 0.528. The van der Waals surface area contributed by atoms with Gasteiger partial charge in [0.05, 0.1) is 17.5 Å². The zero-order chi connectivity index (χ0) is 13.1. The molecular weight excluding hydrogens is 224 g/mol. The van der Waals surface area contributed by atoms with Gasteiger partial charge in [-0.25, -0.2) is 0 Å². The zero-order valence-electron chi connectivity index (χ0n) is 11.0. The Morgan fingerprint density at radius 3 is 2.56 bits per heavy atom. The summed E-state index contributed by atoms with van der Waals surface area (Å²) in [5, 5.41) is 18.4. The number of aryl methyl sites for hydroxylation is 3. The van der Waals surface area contributed by atoms with Crippen molar-refractivity contribution in [3.63, 3.8) is 0 Å². The highest BCUT2D eigenvalue weighted by molar-refractivity contribution is 5.29. The van der Waals surface area contributed by atoms with E-state index in [4.69, 9.17) is 0 Å². The van der Waals surface area contributed by atoms with Crippen LogP contribution in [0.1, 0.15) is 34.2 Å². The largest absolute Gasteiger partial charge is 0.388 e. The first-order chi connectivity index (χ1) is 8.58. The van der Waals surface area contributed by atoms with Gasteiger partial charge in [0.25, 0.3) is 0 Å². The van der Waals surface area contributed by atoms with E-state index in [0.717, 1.165) is 17.0 Å². The van der Waals surface area contributed by atoms with E-state index in [9.17, 15) is 5.11 Å². The van der Waals surface area contributed by atoms with Gasteiger partial charge in [-0.15, -0.1) is 0 Å². The number of nitrogens with zero attached hydrogens (tertiary/aromatic N) is 2. The molecule has 0 saturated heterocycles. The van der Waals surface area contributed by atoms with Crippen molar-refractivity contribution < 1.29 is 5.11 Å². The van der Waals surface area contributed by atoms with Gasteiger partial charge in [0.1, 0.15) is 0 Å². The predicted molar refractivity (Wildman–Crippen MR) is 71.3 cm³/mol. The Labute approximate surface area is 108 Å². The average Bonchev–Trinajstić information content (AvgIpc) is 2.35. The Morgan fingerprint density at radius 2 is 1.83 bits per heavy atom. The lowest BCUT2D eigenvalue weighted by Crippen LogP contribution is -2.07. The SMILES string of the molecule is Cc1cc(C(O)Cc2ccccc2C)c(C)nn1. The molecule has 3 nitrogen and oxygen atoms in total. The third-order valence-electron chi connectivity index (χ3n) is 3.17. The summed E-state index contributed by atoms with van der Waals surface area (Å²) in [6.45, 7) is 5.82. The molecule has 2 aromatic rings. The second-order valence-corrected chi connectivity index (χ2v) is 4.67. The maximum atomic E-state index is 10.3. The highest BCUT2D eigenvalue weighted by atomic mass is 16.3. The summed E-state index contributed by atoms with van der Waals surface area (Å²) in [6.07, 6.45) is 0.0823. The lowest BCUT2D eigenvalue weighted by Gasteiger charge is -2.14. The Hall–Kier alpha value is -1.74. The van der Waals surface area contributed by atoms with E-state index in [1.54, 1.807) is 0 Å². The molecule has 18 heavy (non-hydrogen) atoms. The molecule has 0 saturated carbocycles. The number of aliphatic hydroxyl groups is 1. The van der Waals surface area contributed by atoms with Crippen LogP contribution in [0.3, 0.4) is 0 Å². The molecule has 0 fully saturated rings. The van der Waals surface area contributed by atoms with Crippen LogP contribution >= 0.6 is 0 Å². The maximum Gasteiger partial charge on any atom is 0.0849 e. The second-order valence-electron chi connectivity index (χ2n) is 4.67. The van der Waals surface area contributed by atoms with E-state index in [0.29, 0.717) is 6.42 Å². The fourth-order valence-electron chi connectivity index (χ4n) is 2.06. The highest BCUT2D eigenvalue weighted by Gasteiger charge is 2.13. The molecule has 0 aliphatic rings. The topological polar surface area (TPSA) is 46.0 Å². The number of aromatic nitrogens is 2. The average molecular weight is 242 g/mol. The number of hydrogen-bond acceptors (Lipinski definition) is 3. The van der Waals surface area contributed by atoms with Gasteiger partial charge in [-0.1, -0.05) is 24.3 Å². The summed E-state index contributed by atoms with van der Waals surface area (Å²) in [7, 11) is 0. The summed E-state index contributed by atoms with van der Waals surface area (Å²) in [4.78, 5) is 0. The minimum Gasteiger partial charge on any atom is -0.388 e. The molecule has 0 bridgehead atoms. The molecule has 1 atom stereocenters. The van der Waals surface area contributed by atoms with Crippen LogP contribution in [0.25, 0.3) is 0 Å². The minimum atomic E-state index is -0.528. The van der Waals surface area contributed by atoms with E-state index >= 15 is 0 Å². The van der Waals surface area contributed by atoms with Gasteiger partial charge in [0, 0.05) is 12.0 Å². The molecule has 0 aliphatic carbocycles. The fourth-order valence-corrected chi connectivity index (χ4v) is 2.06. The van der Waals surface area contributed by atoms with Crippen LogP contribution in [0.4, 0.5) is 0 Å². The standard InChI is InChI=1S/C15H18N2O/c1-10-6-4-5-7-13(10)9-15(18)14-8-11(2)16-17-12(14)3/h4-8,15,18H,9H2,1-3H3. The van der Waals surface area contributed by atoms with Gasteiger partial charge in [0.15, 0.2) is 0 Å². The van der Waals surface area contributed by atoms with Gasteiger partial charge in [-0.3, -0.25) is 0 Å². The second kappa shape index (κ2) is 5.27. The van der Waals surface area contributed by atoms with Crippen LogP contribution in [0, 0.1) is 20.8 Å². The Kier molecular flexibility index (Phi) is 3.72. The predicted octanol–water partition coefficient (Wildman–Crippen LogP) is 2.68. The van der Waals surface area contributed by atoms with Crippen molar-refractivity contribution in [2.45, 2.75) is 33.3 Å². The van der Waals surface area contributed by atoms with Crippen molar-refractivity contribution in [3.05, 3.63) is 58.4 Å². The number of benzene rings is 1. The van der Waals surface area contributed by atoms with Crippen molar-refractivity contribution in [1.82, 2.24) is 10.2 Å². The smallest absolute Gasteiger partial charge is 0.0849 e. The van der Waals surface area contributed by atoms with Crippen LogP contribution in [0.5, 0.6) is 0 Å². The van der Waals surface area contributed by atoms with Gasteiger partial charge in [-0.05, 0) is 38.0 Å². The first-order valence-corrected chi connectivity index (χ1v) is 6.11. The number of hydrogen-bond donors (Lipinski definition) is 1. The van der Waals surface area contributed by atoms with E-state index in [1.165, 1.54) is 11.1 Å². The normalized spacial score (nSPS) is 12.4. The van der Waals surface area contributed by atoms with Crippen molar-refractivity contribution in [2.75, 3.05) is 0 Å². The van der Waals surface area contributed by atoms with Crippen LogP contribution in [-0.2, 0) is 6.42 Å². The molecule has 3 heteroatoms. The number of rotatable bonds is 3. The maximum absolute atomic E-state index is 10.3. The third-order valence-corrected chi connectivity index (χ3v) is 3.17. The molecule has 2 rings (SSSR count). The Balaban J connectivity index is 2.25. The first kappa shape index (κ1) is 12.7. The van der Waals surface area contributed by atoms with Gasteiger partial charge in [0.2, 0.25) is 0 Å². The summed E-state index contributed by atoms with van der Waals surface area (Å²) in [6, 6.07) is 10.0. The van der Waals surface area contributed by atoms with E-state index < -0.39 is 6.10 Å². The van der Waals surface area contributed by atoms with Crippen molar-refractivity contribution in [1.29, 1.82) is 0 Å². The molecule has 0 aliphatic heterocycles. The fraction of sp³-hybridized carbons (Fsp3) is 0.333. The van der Waals surface area contributed by atoms with Crippen LogP contribution in [0.15, 0.2) is 30.3 Å². The van der Waals surface area contributed by atoms with E-state index in [2.05, 4.69) is 29.3 Å². The summed E-state index contributed by atoms with van der Waals surface area (Å²) < 4.78 is 0. The highest BCUT2D eigenvalue weighted by Crippen LogP contribution is 2.22. The molecule has 1 aromatic heterocycles. The lowest BCUT2D eigenvalue weighted by molar-refractivity contribution is 0.176. The van der Waals surface area contributed by atoms with Crippen molar-refractivity contribution >= 4 is 0 Å². The third kappa shape index (κ3) is 2.74. The first-order valence-electron chi connectivity index (χ1n) is 6.11. The lowest BCUT2D eigenvalue weighted by atomic mass is 9.97. The summed E-state index contributed by atoms with van der Waals surface area (Å²) in [5.41, 5.74) is 4.86. The molecule has 1 aromatic carbocycles. The molecule has 0 radical (unpaired) electrons. The monoisotopic (exact) mass is 242 g/mol. The molecule has 94 valence electrons. The molecule has 1 unspecified atom stereocenters. The molecule has 0 spiro atoms. The van der Waals surface area contributed by atoms with Crippen LogP contribution < -0.4 is 0 Å². The molecule has 0 amide bonds. The van der Waals surface area contributed by atoms with Gasteiger partial charge >= 0.3 is 0 Å². The Bertz CT molecular complexity index is 552. The molecular formula is C15H18N2O. The summed E-state index contributed by atoms with van der Waals surface area (Å²) >= 11 is 0. The number of aliphatic hydroxyl groups excluding tert-OH is 1. The Morgan fingerprint density at radius 1 is 1.11 bits per heavy atom. The van der Waals surface area contributed by atoms with Crippen LogP contribution in [0.2, 0.25) is 0 Å². The van der Waals surface area contributed by atoms with Gasteiger partial charge < -0.3 is 5.11 Å². The van der Waals surface area contributed by atoms with Gasteiger partial charge in [-0.2, -0.15) is 10.2 Å².